The van der Waals surface area contributed by atoms with Gasteiger partial charge in [-0.1, -0.05) is 17.7 Å². The van der Waals surface area contributed by atoms with Gasteiger partial charge in [-0.05, 0) is 44.0 Å². The van der Waals surface area contributed by atoms with Crippen molar-refractivity contribution in [3.05, 3.63) is 29.0 Å². The van der Waals surface area contributed by atoms with Gasteiger partial charge in [0.15, 0.2) is 0 Å². The fraction of sp³-hybridized carbons (Fsp3) is 0.545. The Balaban J connectivity index is 2.08. The van der Waals surface area contributed by atoms with E-state index in [4.69, 9.17) is 11.6 Å². The van der Waals surface area contributed by atoms with E-state index in [2.05, 4.69) is 10.3 Å². The van der Waals surface area contributed by atoms with Crippen molar-refractivity contribution in [2.75, 3.05) is 13.1 Å². The summed E-state index contributed by atoms with van der Waals surface area (Å²) in [6.07, 6.45) is 0.760. The lowest BCUT2D eigenvalue weighted by atomic mass is 9.91. The summed E-state index contributed by atoms with van der Waals surface area (Å²) in [7, 11) is 0. The zero-order chi connectivity index (χ0) is 10.7. The summed E-state index contributed by atoms with van der Waals surface area (Å²) >= 11 is 5.74. The smallest absolute Gasteiger partial charge is 0.145 e. The molecule has 0 spiro atoms. The van der Waals surface area contributed by atoms with Gasteiger partial charge in [-0.2, -0.15) is 0 Å². The normalized spacial score (nSPS) is 20.1. The molecular weight excluding hydrogens is 215 g/mol. The van der Waals surface area contributed by atoms with Crippen molar-refractivity contribution in [1.82, 2.24) is 10.3 Å². The monoisotopic (exact) mass is 228 g/mol. The number of aromatic nitrogens is 1. The van der Waals surface area contributed by atoms with Gasteiger partial charge >= 0.3 is 0 Å². The van der Waals surface area contributed by atoms with Gasteiger partial charge in [0.25, 0.3) is 0 Å². The molecule has 0 bridgehead atoms. The van der Waals surface area contributed by atoms with Gasteiger partial charge in [0.05, 0.1) is 5.69 Å². The highest BCUT2D eigenvalue weighted by molar-refractivity contribution is 6.29. The third-order valence-corrected chi connectivity index (χ3v) is 3.03. The average Bonchev–Trinajstić information content (AvgIpc) is 2.29. The Kier molecular flexibility index (Phi) is 3.54. The Bertz CT molecular complexity index is 326. The van der Waals surface area contributed by atoms with Crippen molar-refractivity contribution in [3.63, 3.8) is 0 Å². The number of nitrogens with zero attached hydrogens (tertiary/aromatic N) is 1. The highest BCUT2D eigenvalue weighted by Gasteiger charge is 2.25. The highest BCUT2D eigenvalue weighted by atomic mass is 35.5. The number of nitrogens with one attached hydrogen (secondary N) is 1. The Labute approximate surface area is 93.9 Å². The van der Waals surface area contributed by atoms with E-state index in [0.717, 1.165) is 25.9 Å². The van der Waals surface area contributed by atoms with Crippen molar-refractivity contribution in [2.45, 2.75) is 19.0 Å². The summed E-state index contributed by atoms with van der Waals surface area (Å²) in [5.41, 5.74) is 0.467. The molecule has 82 valence electrons. The molecule has 2 heterocycles. The first-order valence-corrected chi connectivity index (χ1v) is 5.62. The molecule has 0 aliphatic carbocycles. The molecule has 1 saturated heterocycles. The van der Waals surface area contributed by atoms with Crippen LogP contribution in [0.5, 0.6) is 0 Å². The van der Waals surface area contributed by atoms with Crippen LogP contribution in [0.2, 0.25) is 5.15 Å². The number of hydrogen-bond donors (Lipinski definition) is 1. The number of halogens is 2. The van der Waals surface area contributed by atoms with Crippen molar-refractivity contribution in [3.8, 4) is 0 Å². The topological polar surface area (TPSA) is 24.9 Å². The highest BCUT2D eigenvalue weighted by Crippen LogP contribution is 2.31. The molecule has 1 N–H and O–H groups in total. The summed E-state index contributed by atoms with van der Waals surface area (Å²) in [5.74, 6) is 0.0808. The Morgan fingerprint density at radius 3 is 2.80 bits per heavy atom. The molecule has 15 heavy (non-hydrogen) atoms. The number of hydrogen-bond acceptors (Lipinski definition) is 2. The molecule has 1 aromatic rings. The van der Waals surface area contributed by atoms with Crippen LogP contribution in [0.15, 0.2) is 18.2 Å². The minimum absolute atomic E-state index is 0.0808. The molecule has 0 unspecified atom stereocenters. The molecule has 1 fully saturated rings. The number of rotatable bonds is 2. The molecule has 0 aromatic carbocycles. The van der Waals surface area contributed by atoms with E-state index >= 15 is 0 Å². The molecule has 1 aromatic heterocycles. The Morgan fingerprint density at radius 2 is 2.13 bits per heavy atom. The van der Waals surface area contributed by atoms with Gasteiger partial charge in [0, 0.05) is 0 Å². The molecular formula is C11H14ClFN2. The minimum atomic E-state index is -0.981. The summed E-state index contributed by atoms with van der Waals surface area (Å²) in [6.45, 7) is 1.79. The molecule has 2 rings (SSSR count). The van der Waals surface area contributed by atoms with Gasteiger partial charge in [0.1, 0.15) is 11.3 Å². The van der Waals surface area contributed by atoms with E-state index in [1.165, 1.54) is 0 Å². The second-order valence-electron chi connectivity index (χ2n) is 3.87. The molecule has 0 radical (unpaired) electrons. The lowest BCUT2D eigenvalue weighted by Gasteiger charge is -2.25. The predicted octanol–water partition coefficient (Wildman–Crippen LogP) is 2.75. The van der Waals surface area contributed by atoms with E-state index < -0.39 is 6.17 Å². The summed E-state index contributed by atoms with van der Waals surface area (Å²) < 4.78 is 14.1. The second-order valence-corrected chi connectivity index (χ2v) is 4.26. The number of pyridine rings is 1. The van der Waals surface area contributed by atoms with Crippen LogP contribution >= 0.6 is 11.6 Å². The zero-order valence-electron chi connectivity index (χ0n) is 8.42. The van der Waals surface area contributed by atoms with Crippen molar-refractivity contribution >= 4 is 11.6 Å². The molecule has 0 saturated carbocycles. The average molecular weight is 229 g/mol. The quantitative estimate of drug-likeness (QED) is 0.788. The van der Waals surface area contributed by atoms with Crippen LogP contribution < -0.4 is 5.32 Å². The second kappa shape index (κ2) is 4.90. The summed E-state index contributed by atoms with van der Waals surface area (Å²) in [5, 5.41) is 3.58. The fourth-order valence-electron chi connectivity index (χ4n) is 1.96. The van der Waals surface area contributed by atoms with Gasteiger partial charge in [-0.25, -0.2) is 9.37 Å². The SMILES string of the molecule is F[C@H](c1cccc(Cl)n1)C1CCNCC1. The van der Waals surface area contributed by atoms with Crippen LogP contribution in [0.3, 0.4) is 0 Å². The molecule has 1 atom stereocenters. The summed E-state index contributed by atoms with van der Waals surface area (Å²) in [6, 6.07) is 5.12. The Morgan fingerprint density at radius 1 is 1.40 bits per heavy atom. The molecule has 1 aliphatic heterocycles. The van der Waals surface area contributed by atoms with Gasteiger partial charge in [0.2, 0.25) is 0 Å². The van der Waals surface area contributed by atoms with Crippen LogP contribution in [0.4, 0.5) is 4.39 Å². The van der Waals surface area contributed by atoms with Crippen LogP contribution in [-0.2, 0) is 0 Å². The molecule has 2 nitrogen and oxygen atoms in total. The lowest BCUT2D eigenvalue weighted by Crippen LogP contribution is -2.30. The predicted molar refractivity (Wildman–Crippen MR) is 58.7 cm³/mol. The van der Waals surface area contributed by atoms with E-state index in [9.17, 15) is 4.39 Å². The number of alkyl halides is 1. The first-order valence-electron chi connectivity index (χ1n) is 5.24. The van der Waals surface area contributed by atoms with E-state index in [1.54, 1.807) is 18.2 Å². The van der Waals surface area contributed by atoms with Gasteiger partial charge in [-0.3, -0.25) is 0 Å². The maximum atomic E-state index is 14.1. The van der Waals surface area contributed by atoms with E-state index in [0.29, 0.717) is 10.8 Å². The molecule has 1 aliphatic rings. The maximum Gasteiger partial charge on any atom is 0.145 e. The van der Waals surface area contributed by atoms with Crippen molar-refractivity contribution < 1.29 is 4.39 Å². The molecule has 0 amide bonds. The maximum absolute atomic E-state index is 14.1. The standard InChI is InChI=1S/C11H14ClFN2/c12-10-3-1-2-9(15-10)11(13)8-4-6-14-7-5-8/h1-3,8,11,14H,4-7H2/t11-/m0/s1. The van der Waals surface area contributed by atoms with E-state index in [-0.39, 0.29) is 5.92 Å². The van der Waals surface area contributed by atoms with Crippen LogP contribution in [0.25, 0.3) is 0 Å². The summed E-state index contributed by atoms with van der Waals surface area (Å²) in [4.78, 5) is 4.02. The van der Waals surface area contributed by atoms with Crippen LogP contribution in [0.1, 0.15) is 24.7 Å². The Hall–Kier alpha value is -0.670. The van der Waals surface area contributed by atoms with Gasteiger partial charge < -0.3 is 5.32 Å². The van der Waals surface area contributed by atoms with E-state index in [1.807, 2.05) is 0 Å². The third-order valence-electron chi connectivity index (χ3n) is 2.82. The first kappa shape index (κ1) is 10.8. The fourth-order valence-corrected chi connectivity index (χ4v) is 2.13. The first-order chi connectivity index (χ1) is 7.27. The minimum Gasteiger partial charge on any atom is -0.317 e. The van der Waals surface area contributed by atoms with Crippen LogP contribution in [0, 0.1) is 5.92 Å². The zero-order valence-corrected chi connectivity index (χ0v) is 9.17. The molecule has 4 heteroatoms. The largest absolute Gasteiger partial charge is 0.317 e. The third kappa shape index (κ3) is 2.67. The number of piperidine rings is 1. The van der Waals surface area contributed by atoms with Gasteiger partial charge in [-0.15, -0.1) is 0 Å². The lowest BCUT2D eigenvalue weighted by molar-refractivity contribution is 0.186. The van der Waals surface area contributed by atoms with Crippen molar-refractivity contribution in [2.24, 2.45) is 5.92 Å². The van der Waals surface area contributed by atoms with Crippen LogP contribution in [-0.4, -0.2) is 18.1 Å². The van der Waals surface area contributed by atoms with Crippen molar-refractivity contribution in [1.29, 1.82) is 0 Å².